The number of nitrogens with zero attached hydrogens (tertiary/aromatic N) is 1. The second kappa shape index (κ2) is 8.65. The van der Waals surface area contributed by atoms with Gasteiger partial charge in [0.1, 0.15) is 0 Å². The molecule has 3 atom stereocenters. The van der Waals surface area contributed by atoms with E-state index in [1.807, 2.05) is 30.3 Å². The smallest absolute Gasteiger partial charge is 0.243 e. The summed E-state index contributed by atoms with van der Waals surface area (Å²) in [6.45, 7) is 1.88. The van der Waals surface area contributed by atoms with E-state index in [4.69, 9.17) is 0 Å². The van der Waals surface area contributed by atoms with E-state index in [1.165, 1.54) is 4.31 Å². The molecule has 0 saturated carbocycles. The molecule has 0 aliphatic carbocycles. The van der Waals surface area contributed by atoms with Crippen LogP contribution < -0.4 is 10.6 Å². The number of sulfonamides is 1. The first-order valence-corrected chi connectivity index (χ1v) is 11.6. The molecule has 2 aliphatic rings. The third-order valence-electron chi connectivity index (χ3n) is 5.85. The van der Waals surface area contributed by atoms with Crippen LogP contribution in [-0.4, -0.2) is 44.3 Å². The van der Waals surface area contributed by atoms with Crippen LogP contribution in [0.1, 0.15) is 30.9 Å². The lowest BCUT2D eigenvalue weighted by Crippen LogP contribution is -2.49. The molecule has 2 aromatic carbocycles. The first kappa shape index (κ1) is 20.1. The fourth-order valence-electron chi connectivity index (χ4n) is 4.25. The van der Waals surface area contributed by atoms with Crippen molar-refractivity contribution in [3.05, 3.63) is 66.2 Å². The van der Waals surface area contributed by atoms with Crippen molar-refractivity contribution >= 4 is 15.9 Å². The molecule has 6 nitrogen and oxygen atoms in total. The van der Waals surface area contributed by atoms with Gasteiger partial charge in [-0.25, -0.2) is 8.42 Å². The van der Waals surface area contributed by atoms with Crippen LogP contribution in [0.15, 0.2) is 65.6 Å². The summed E-state index contributed by atoms with van der Waals surface area (Å²) in [6.07, 6.45) is 2.21. The van der Waals surface area contributed by atoms with Crippen molar-refractivity contribution in [3.8, 4) is 0 Å². The fraction of sp³-hybridized carbons (Fsp3) is 0.409. The average molecular weight is 414 g/mol. The minimum Gasteiger partial charge on any atom is -0.352 e. The van der Waals surface area contributed by atoms with Crippen LogP contribution in [0, 0.1) is 5.92 Å². The molecule has 2 aromatic rings. The molecule has 29 heavy (non-hydrogen) atoms. The predicted molar refractivity (Wildman–Crippen MR) is 112 cm³/mol. The van der Waals surface area contributed by atoms with Gasteiger partial charge in [-0.15, -0.1) is 0 Å². The van der Waals surface area contributed by atoms with Crippen molar-refractivity contribution in [1.29, 1.82) is 0 Å². The van der Waals surface area contributed by atoms with Crippen LogP contribution in [0.2, 0.25) is 0 Å². The summed E-state index contributed by atoms with van der Waals surface area (Å²) in [5.74, 6) is -0.382. The standard InChI is InChI=1S/C22H27N3O3S/c26-22(24-19-13-14-23-15-19)18-11-12-21(17-7-3-1-4-8-17)25(16-18)29(27,28)20-9-5-2-6-10-20/h1-10,18-19,21,23H,11-16H2,(H,24,26)/t18?,19-,21?/m0/s1. The Morgan fingerprint density at radius 1 is 0.966 bits per heavy atom. The summed E-state index contributed by atoms with van der Waals surface area (Å²) < 4.78 is 28.5. The Kier molecular flexibility index (Phi) is 5.99. The van der Waals surface area contributed by atoms with Gasteiger partial charge in [-0.2, -0.15) is 4.31 Å². The van der Waals surface area contributed by atoms with Gasteiger partial charge in [-0.3, -0.25) is 4.79 Å². The number of hydrogen-bond donors (Lipinski definition) is 2. The topological polar surface area (TPSA) is 78.5 Å². The van der Waals surface area contributed by atoms with Gasteiger partial charge >= 0.3 is 0 Å². The molecule has 7 heteroatoms. The molecule has 2 fully saturated rings. The normalized spacial score (nSPS) is 25.6. The molecule has 0 aromatic heterocycles. The van der Waals surface area contributed by atoms with Crippen LogP contribution in [0.25, 0.3) is 0 Å². The highest BCUT2D eigenvalue weighted by Crippen LogP contribution is 2.37. The van der Waals surface area contributed by atoms with Crippen LogP contribution in [0.3, 0.4) is 0 Å². The SMILES string of the molecule is O=C(N[C@H]1CCNC1)C1CCC(c2ccccc2)N(S(=O)(=O)c2ccccc2)C1. The maximum atomic E-state index is 13.5. The second-order valence-electron chi connectivity index (χ2n) is 7.79. The monoisotopic (exact) mass is 413 g/mol. The second-order valence-corrected chi connectivity index (χ2v) is 9.68. The van der Waals surface area contributed by atoms with Crippen LogP contribution in [0.5, 0.6) is 0 Å². The zero-order valence-electron chi connectivity index (χ0n) is 16.3. The lowest BCUT2D eigenvalue weighted by molar-refractivity contribution is -0.127. The maximum Gasteiger partial charge on any atom is 0.243 e. The summed E-state index contributed by atoms with van der Waals surface area (Å²) >= 11 is 0. The Morgan fingerprint density at radius 2 is 1.66 bits per heavy atom. The van der Waals surface area contributed by atoms with Crippen molar-refractivity contribution in [2.45, 2.75) is 36.2 Å². The fourth-order valence-corrected chi connectivity index (χ4v) is 5.96. The number of rotatable bonds is 5. The van der Waals surface area contributed by atoms with Crippen molar-refractivity contribution in [2.24, 2.45) is 5.92 Å². The maximum absolute atomic E-state index is 13.5. The van der Waals surface area contributed by atoms with Gasteiger partial charge in [-0.05, 0) is 43.5 Å². The van der Waals surface area contributed by atoms with Crippen LogP contribution in [0.4, 0.5) is 0 Å². The van der Waals surface area contributed by atoms with E-state index in [2.05, 4.69) is 10.6 Å². The summed E-state index contributed by atoms with van der Waals surface area (Å²) in [5, 5.41) is 6.33. The van der Waals surface area contributed by atoms with Crippen molar-refractivity contribution in [1.82, 2.24) is 14.9 Å². The third kappa shape index (κ3) is 4.37. The van der Waals surface area contributed by atoms with Gasteiger partial charge < -0.3 is 10.6 Å². The summed E-state index contributed by atoms with van der Waals surface area (Å²) in [4.78, 5) is 13.1. The molecule has 0 bridgehead atoms. The average Bonchev–Trinajstić information content (AvgIpc) is 3.27. The molecular weight excluding hydrogens is 386 g/mol. The molecule has 154 valence electrons. The van der Waals surface area contributed by atoms with Gasteiger partial charge in [0.15, 0.2) is 0 Å². The summed E-state index contributed by atoms with van der Waals surface area (Å²) in [6, 6.07) is 18.1. The summed E-state index contributed by atoms with van der Waals surface area (Å²) in [7, 11) is -3.71. The van der Waals surface area contributed by atoms with E-state index in [0.717, 1.165) is 25.1 Å². The number of amides is 1. The third-order valence-corrected chi connectivity index (χ3v) is 7.74. The Morgan fingerprint density at radius 3 is 2.31 bits per heavy atom. The minimum atomic E-state index is -3.71. The van der Waals surface area contributed by atoms with E-state index in [9.17, 15) is 13.2 Å². The highest BCUT2D eigenvalue weighted by molar-refractivity contribution is 7.89. The molecule has 0 radical (unpaired) electrons. The lowest BCUT2D eigenvalue weighted by Gasteiger charge is -2.38. The highest BCUT2D eigenvalue weighted by Gasteiger charge is 2.40. The largest absolute Gasteiger partial charge is 0.352 e. The molecule has 1 amide bonds. The molecular formula is C22H27N3O3S. The Bertz CT molecular complexity index is 928. The zero-order valence-corrected chi connectivity index (χ0v) is 17.1. The molecule has 2 aliphatic heterocycles. The van der Waals surface area contributed by atoms with E-state index < -0.39 is 10.0 Å². The van der Waals surface area contributed by atoms with Crippen molar-refractivity contribution < 1.29 is 13.2 Å². The number of hydrogen-bond acceptors (Lipinski definition) is 4. The molecule has 4 rings (SSSR count). The van der Waals surface area contributed by atoms with Crippen molar-refractivity contribution in [3.63, 3.8) is 0 Å². The Hall–Kier alpha value is -2.22. The highest BCUT2D eigenvalue weighted by atomic mass is 32.2. The Balaban J connectivity index is 1.61. The van der Waals surface area contributed by atoms with Gasteiger partial charge in [0.05, 0.1) is 16.9 Å². The van der Waals surface area contributed by atoms with Gasteiger partial charge in [0.2, 0.25) is 15.9 Å². The molecule has 2 heterocycles. The zero-order chi connectivity index (χ0) is 20.3. The summed E-state index contributed by atoms with van der Waals surface area (Å²) in [5.41, 5.74) is 0.964. The minimum absolute atomic E-state index is 0.0431. The van der Waals surface area contributed by atoms with Gasteiger partial charge in [0, 0.05) is 19.1 Å². The number of benzene rings is 2. The van der Waals surface area contributed by atoms with Gasteiger partial charge in [0.25, 0.3) is 0 Å². The van der Waals surface area contributed by atoms with Crippen LogP contribution >= 0.6 is 0 Å². The molecule has 2 N–H and O–H groups in total. The first-order chi connectivity index (χ1) is 14.1. The number of carbonyl (C=O) groups excluding carboxylic acids is 1. The number of piperidine rings is 1. The van der Waals surface area contributed by atoms with Crippen LogP contribution in [-0.2, 0) is 14.8 Å². The van der Waals surface area contributed by atoms with E-state index in [0.29, 0.717) is 12.8 Å². The van der Waals surface area contributed by atoms with E-state index >= 15 is 0 Å². The first-order valence-electron chi connectivity index (χ1n) is 10.2. The lowest BCUT2D eigenvalue weighted by atomic mass is 9.90. The Labute approximate surface area is 172 Å². The predicted octanol–water partition coefficient (Wildman–Crippen LogP) is 2.31. The van der Waals surface area contributed by atoms with E-state index in [1.54, 1.807) is 30.3 Å². The van der Waals surface area contributed by atoms with Crippen molar-refractivity contribution in [2.75, 3.05) is 19.6 Å². The molecule has 2 saturated heterocycles. The van der Waals surface area contributed by atoms with Gasteiger partial charge in [-0.1, -0.05) is 48.5 Å². The number of nitrogens with one attached hydrogen (secondary N) is 2. The van der Waals surface area contributed by atoms with E-state index in [-0.39, 0.29) is 35.3 Å². The molecule has 0 spiro atoms. The molecule has 2 unspecified atom stereocenters. The number of carbonyl (C=O) groups is 1. The quantitative estimate of drug-likeness (QED) is 0.789.